The summed E-state index contributed by atoms with van der Waals surface area (Å²) in [5.74, 6) is -1.18. The molecule has 1 rings (SSSR count). The number of rotatable bonds is 6. The van der Waals surface area contributed by atoms with Crippen molar-refractivity contribution < 1.29 is 19.7 Å². The molecule has 94 valence electrons. The van der Waals surface area contributed by atoms with Gasteiger partial charge in [0.15, 0.2) is 5.60 Å². The summed E-state index contributed by atoms with van der Waals surface area (Å²) in [5.41, 5.74) is -1.69. The van der Waals surface area contributed by atoms with E-state index in [0.29, 0.717) is 13.1 Å². The van der Waals surface area contributed by atoms with E-state index in [1.165, 1.54) is 6.92 Å². The van der Waals surface area contributed by atoms with Crippen molar-refractivity contribution in [3.63, 3.8) is 0 Å². The van der Waals surface area contributed by atoms with Crippen LogP contribution in [0.15, 0.2) is 0 Å². The third-order valence-electron chi connectivity index (χ3n) is 2.93. The van der Waals surface area contributed by atoms with Gasteiger partial charge in [0.1, 0.15) is 0 Å². The van der Waals surface area contributed by atoms with Gasteiger partial charge in [0.25, 0.3) is 0 Å². The van der Waals surface area contributed by atoms with Gasteiger partial charge < -0.3 is 14.9 Å². The standard InChI is InChI=1S/C11H21NO4/c1-3-12(7-9-5-4-6-16-9)8-11(2,15)10(13)14/h9,15H,3-8H2,1-2H3,(H,13,14). The van der Waals surface area contributed by atoms with Crippen molar-refractivity contribution in [1.29, 1.82) is 0 Å². The summed E-state index contributed by atoms with van der Waals surface area (Å²) in [5, 5.41) is 18.5. The number of carboxylic acids is 1. The molecule has 1 aliphatic heterocycles. The van der Waals surface area contributed by atoms with Crippen molar-refractivity contribution in [2.45, 2.75) is 38.4 Å². The predicted octanol–water partition coefficient (Wildman–Crippen LogP) is 0.323. The molecule has 1 fully saturated rings. The Bertz CT molecular complexity index is 236. The second-order valence-electron chi connectivity index (χ2n) is 4.54. The molecule has 2 unspecified atom stereocenters. The average Bonchev–Trinajstić information content (AvgIpc) is 2.68. The maximum atomic E-state index is 10.8. The molecule has 0 amide bonds. The van der Waals surface area contributed by atoms with Crippen LogP contribution in [0.4, 0.5) is 0 Å². The van der Waals surface area contributed by atoms with E-state index in [1.807, 2.05) is 11.8 Å². The molecular weight excluding hydrogens is 210 g/mol. The SMILES string of the molecule is CCN(CC1CCCO1)CC(C)(O)C(=O)O. The van der Waals surface area contributed by atoms with Crippen molar-refractivity contribution in [2.75, 3.05) is 26.2 Å². The van der Waals surface area contributed by atoms with E-state index in [1.54, 1.807) is 0 Å². The lowest BCUT2D eigenvalue weighted by Gasteiger charge is -2.29. The number of aliphatic hydroxyl groups is 1. The molecule has 0 aromatic rings. The number of carbonyl (C=O) groups is 1. The lowest BCUT2D eigenvalue weighted by atomic mass is 10.1. The van der Waals surface area contributed by atoms with Crippen LogP contribution in [0.1, 0.15) is 26.7 Å². The quantitative estimate of drug-likeness (QED) is 0.689. The van der Waals surface area contributed by atoms with E-state index in [2.05, 4.69) is 0 Å². The van der Waals surface area contributed by atoms with E-state index in [4.69, 9.17) is 9.84 Å². The summed E-state index contributed by atoms with van der Waals surface area (Å²) in [6.07, 6.45) is 2.27. The van der Waals surface area contributed by atoms with Gasteiger partial charge in [-0.2, -0.15) is 0 Å². The van der Waals surface area contributed by atoms with Crippen molar-refractivity contribution in [1.82, 2.24) is 4.90 Å². The van der Waals surface area contributed by atoms with Gasteiger partial charge in [-0.05, 0) is 26.3 Å². The van der Waals surface area contributed by atoms with Gasteiger partial charge in [-0.1, -0.05) is 6.92 Å². The molecule has 1 aliphatic rings. The van der Waals surface area contributed by atoms with Crippen LogP contribution in [0.2, 0.25) is 0 Å². The number of carboxylic acid groups (broad SMARTS) is 1. The zero-order valence-corrected chi connectivity index (χ0v) is 9.98. The van der Waals surface area contributed by atoms with E-state index in [-0.39, 0.29) is 12.6 Å². The molecule has 0 aromatic carbocycles. The fourth-order valence-electron chi connectivity index (χ4n) is 1.88. The zero-order chi connectivity index (χ0) is 12.2. The molecule has 0 bridgehead atoms. The van der Waals surface area contributed by atoms with Crippen LogP contribution in [-0.4, -0.2) is 59.0 Å². The summed E-state index contributed by atoms with van der Waals surface area (Å²) in [7, 11) is 0. The first-order chi connectivity index (χ1) is 7.45. The minimum Gasteiger partial charge on any atom is -0.479 e. The van der Waals surface area contributed by atoms with Gasteiger partial charge in [0, 0.05) is 19.7 Å². The Labute approximate surface area is 96.0 Å². The van der Waals surface area contributed by atoms with Crippen molar-refractivity contribution >= 4 is 5.97 Å². The average molecular weight is 231 g/mol. The Kier molecular flexibility index (Phi) is 4.70. The third-order valence-corrected chi connectivity index (χ3v) is 2.93. The van der Waals surface area contributed by atoms with Crippen LogP contribution >= 0.6 is 0 Å². The molecule has 1 saturated heterocycles. The smallest absolute Gasteiger partial charge is 0.336 e. The minimum atomic E-state index is -1.69. The van der Waals surface area contributed by atoms with Crippen molar-refractivity contribution in [3.8, 4) is 0 Å². The second kappa shape index (κ2) is 5.61. The maximum Gasteiger partial charge on any atom is 0.336 e. The Balaban J connectivity index is 2.44. The summed E-state index contributed by atoms with van der Waals surface area (Å²) in [4.78, 5) is 12.7. The number of ether oxygens (including phenoxy) is 1. The Morgan fingerprint density at radius 1 is 1.62 bits per heavy atom. The van der Waals surface area contributed by atoms with Crippen LogP contribution in [0.5, 0.6) is 0 Å². The van der Waals surface area contributed by atoms with Crippen LogP contribution in [0.3, 0.4) is 0 Å². The number of aliphatic carboxylic acids is 1. The molecule has 0 aromatic heterocycles. The van der Waals surface area contributed by atoms with Gasteiger partial charge in [-0.15, -0.1) is 0 Å². The van der Waals surface area contributed by atoms with Crippen molar-refractivity contribution in [2.24, 2.45) is 0 Å². The molecule has 1 heterocycles. The van der Waals surface area contributed by atoms with Crippen LogP contribution < -0.4 is 0 Å². The second-order valence-corrected chi connectivity index (χ2v) is 4.54. The van der Waals surface area contributed by atoms with Gasteiger partial charge in [-0.3, -0.25) is 4.90 Å². The molecule has 0 aliphatic carbocycles. The van der Waals surface area contributed by atoms with Crippen LogP contribution in [0.25, 0.3) is 0 Å². The fraction of sp³-hybridized carbons (Fsp3) is 0.909. The Morgan fingerprint density at radius 2 is 2.31 bits per heavy atom. The molecule has 0 radical (unpaired) electrons. The molecule has 0 saturated carbocycles. The van der Waals surface area contributed by atoms with Crippen molar-refractivity contribution in [3.05, 3.63) is 0 Å². The molecule has 0 spiro atoms. The summed E-state index contributed by atoms with van der Waals surface area (Å²) in [6.45, 7) is 5.61. The lowest BCUT2D eigenvalue weighted by molar-refractivity contribution is -0.158. The summed E-state index contributed by atoms with van der Waals surface area (Å²) >= 11 is 0. The molecular formula is C11H21NO4. The van der Waals surface area contributed by atoms with Gasteiger partial charge in [0.05, 0.1) is 6.10 Å². The lowest BCUT2D eigenvalue weighted by Crippen LogP contribution is -2.48. The molecule has 2 atom stereocenters. The monoisotopic (exact) mass is 231 g/mol. The largest absolute Gasteiger partial charge is 0.479 e. The highest BCUT2D eigenvalue weighted by Crippen LogP contribution is 2.15. The van der Waals surface area contributed by atoms with E-state index in [9.17, 15) is 9.90 Å². The van der Waals surface area contributed by atoms with Crippen LogP contribution in [0, 0.1) is 0 Å². The third kappa shape index (κ3) is 3.73. The molecule has 2 N–H and O–H groups in total. The first-order valence-corrected chi connectivity index (χ1v) is 5.75. The number of hydrogen-bond acceptors (Lipinski definition) is 4. The number of hydrogen-bond donors (Lipinski definition) is 2. The Hall–Kier alpha value is -0.650. The van der Waals surface area contributed by atoms with E-state index >= 15 is 0 Å². The summed E-state index contributed by atoms with van der Waals surface area (Å²) in [6, 6.07) is 0. The number of likely N-dealkylation sites (N-methyl/N-ethyl adjacent to an activating group) is 1. The normalized spacial score (nSPS) is 24.6. The minimum absolute atomic E-state index is 0.138. The topological polar surface area (TPSA) is 70.0 Å². The first-order valence-electron chi connectivity index (χ1n) is 5.75. The van der Waals surface area contributed by atoms with Gasteiger partial charge in [0.2, 0.25) is 0 Å². The molecule has 5 heteroatoms. The highest BCUT2D eigenvalue weighted by Gasteiger charge is 2.32. The maximum absolute atomic E-state index is 10.8. The van der Waals surface area contributed by atoms with E-state index < -0.39 is 11.6 Å². The van der Waals surface area contributed by atoms with Gasteiger partial charge in [-0.25, -0.2) is 4.79 Å². The zero-order valence-electron chi connectivity index (χ0n) is 9.98. The van der Waals surface area contributed by atoms with E-state index in [0.717, 1.165) is 19.4 Å². The summed E-state index contributed by atoms with van der Waals surface area (Å²) < 4.78 is 5.49. The molecule has 5 nitrogen and oxygen atoms in total. The Morgan fingerprint density at radius 3 is 2.75 bits per heavy atom. The highest BCUT2D eigenvalue weighted by atomic mass is 16.5. The highest BCUT2D eigenvalue weighted by molar-refractivity contribution is 5.76. The fourth-order valence-corrected chi connectivity index (χ4v) is 1.88. The molecule has 16 heavy (non-hydrogen) atoms. The predicted molar refractivity (Wildman–Crippen MR) is 59.3 cm³/mol. The van der Waals surface area contributed by atoms with Gasteiger partial charge >= 0.3 is 5.97 Å². The first kappa shape index (κ1) is 13.4. The van der Waals surface area contributed by atoms with Crippen LogP contribution in [-0.2, 0) is 9.53 Å². The number of nitrogens with zero attached hydrogens (tertiary/aromatic N) is 1.